The van der Waals surface area contributed by atoms with Gasteiger partial charge in [0.05, 0.1) is 11.5 Å². The Bertz CT molecular complexity index is 1010. The molecule has 2 aliphatic heterocycles. The van der Waals surface area contributed by atoms with E-state index in [1.54, 1.807) is 0 Å². The molecule has 0 aliphatic carbocycles. The minimum Gasteiger partial charge on any atom is -0.342 e. The molecule has 3 N–H and O–H groups in total. The number of hydrogen-bond donors (Lipinski definition) is 3. The van der Waals surface area contributed by atoms with E-state index in [0.717, 1.165) is 25.9 Å². The van der Waals surface area contributed by atoms with Gasteiger partial charge < -0.3 is 15.5 Å². The number of carbonyl (C=O) groups excluding carboxylic acids is 2. The van der Waals surface area contributed by atoms with E-state index in [9.17, 15) is 18.8 Å². The van der Waals surface area contributed by atoms with Crippen LogP contribution in [0.4, 0.5) is 21.8 Å². The minimum absolute atomic E-state index is 0.109. The van der Waals surface area contributed by atoms with Gasteiger partial charge in [-0.3, -0.25) is 19.4 Å². The zero-order valence-electron chi connectivity index (χ0n) is 16.0. The van der Waals surface area contributed by atoms with E-state index in [2.05, 4.69) is 27.5 Å². The summed E-state index contributed by atoms with van der Waals surface area (Å²) in [5.74, 6) is -1.33. The van der Waals surface area contributed by atoms with Gasteiger partial charge in [-0.2, -0.15) is 4.98 Å². The molecule has 29 heavy (non-hydrogen) atoms. The molecule has 0 spiro atoms. The van der Waals surface area contributed by atoms with Crippen molar-refractivity contribution in [2.75, 3.05) is 28.6 Å². The van der Waals surface area contributed by atoms with Crippen LogP contribution in [0.25, 0.3) is 0 Å². The van der Waals surface area contributed by atoms with Gasteiger partial charge in [-0.25, -0.2) is 4.39 Å². The summed E-state index contributed by atoms with van der Waals surface area (Å²) in [7, 11) is 0. The standard InChI is InChI=1S/C20H22FN5O3/c1-11-5-7-26(8-6-11)20-24-17-16(19(29)25-20)14(10-15(27)23-17)18(28)22-13-4-2-3-12(21)9-13/h2-4,9,11,14H,5-8,10H2,1H3,(H,22,28)(H2,23,24,25,27,29)/t14-/m0/s1. The summed E-state index contributed by atoms with van der Waals surface area (Å²) in [6, 6.07) is 5.43. The molecule has 1 aromatic carbocycles. The van der Waals surface area contributed by atoms with Crippen LogP contribution in [0.5, 0.6) is 0 Å². The van der Waals surface area contributed by atoms with Gasteiger partial charge in [0.15, 0.2) is 0 Å². The van der Waals surface area contributed by atoms with E-state index in [4.69, 9.17) is 0 Å². The molecule has 1 fully saturated rings. The Morgan fingerprint density at radius 1 is 1.28 bits per heavy atom. The summed E-state index contributed by atoms with van der Waals surface area (Å²) >= 11 is 0. The van der Waals surface area contributed by atoms with Gasteiger partial charge in [-0.05, 0) is 37.0 Å². The molecule has 0 unspecified atom stereocenters. The third-order valence-corrected chi connectivity index (χ3v) is 5.43. The predicted octanol–water partition coefficient (Wildman–Crippen LogP) is 2.21. The average Bonchev–Trinajstić information content (AvgIpc) is 2.67. The Labute approximate surface area is 166 Å². The summed E-state index contributed by atoms with van der Waals surface area (Å²) in [6.45, 7) is 3.71. The van der Waals surface area contributed by atoms with Crippen molar-refractivity contribution in [2.45, 2.75) is 32.1 Å². The molecule has 1 atom stereocenters. The van der Waals surface area contributed by atoms with Gasteiger partial charge in [0.25, 0.3) is 5.56 Å². The zero-order valence-corrected chi connectivity index (χ0v) is 16.0. The second-order valence-corrected chi connectivity index (χ2v) is 7.63. The molecule has 2 aromatic rings. The SMILES string of the molecule is CC1CCN(c2nc3c(c(=O)[nH]2)[C@@H](C(=O)Nc2cccc(F)c2)CC(=O)N3)CC1. The normalized spacial score (nSPS) is 19.4. The lowest BCUT2D eigenvalue weighted by atomic mass is 9.92. The topological polar surface area (TPSA) is 107 Å². The number of anilines is 3. The van der Waals surface area contributed by atoms with E-state index < -0.39 is 29.1 Å². The molecule has 2 amide bonds. The smallest absolute Gasteiger partial charge is 0.258 e. The van der Waals surface area contributed by atoms with Gasteiger partial charge in [0.2, 0.25) is 17.8 Å². The molecule has 1 saturated heterocycles. The Morgan fingerprint density at radius 2 is 2.03 bits per heavy atom. The highest BCUT2D eigenvalue weighted by molar-refractivity contribution is 6.04. The Morgan fingerprint density at radius 3 is 2.76 bits per heavy atom. The first-order chi connectivity index (χ1) is 13.9. The molecular formula is C20H22FN5O3. The summed E-state index contributed by atoms with van der Waals surface area (Å²) in [5, 5.41) is 5.18. The van der Waals surface area contributed by atoms with Crippen LogP contribution in [0.3, 0.4) is 0 Å². The van der Waals surface area contributed by atoms with E-state index in [-0.39, 0.29) is 23.5 Å². The molecule has 0 radical (unpaired) electrons. The predicted molar refractivity (Wildman–Crippen MR) is 106 cm³/mol. The number of halogens is 1. The van der Waals surface area contributed by atoms with Crippen molar-refractivity contribution in [3.05, 3.63) is 46.0 Å². The fourth-order valence-corrected chi connectivity index (χ4v) is 3.75. The first-order valence-corrected chi connectivity index (χ1v) is 9.66. The number of fused-ring (bicyclic) bond motifs is 1. The molecule has 2 aliphatic rings. The molecule has 0 bridgehead atoms. The third kappa shape index (κ3) is 3.98. The van der Waals surface area contributed by atoms with Crippen LogP contribution in [-0.2, 0) is 9.59 Å². The maximum atomic E-state index is 13.4. The quantitative estimate of drug-likeness (QED) is 0.734. The highest BCUT2D eigenvalue weighted by atomic mass is 19.1. The van der Waals surface area contributed by atoms with Crippen molar-refractivity contribution in [2.24, 2.45) is 5.92 Å². The Balaban J connectivity index is 1.63. The van der Waals surface area contributed by atoms with Gasteiger partial charge in [-0.15, -0.1) is 0 Å². The first kappa shape index (κ1) is 19.1. The van der Waals surface area contributed by atoms with Crippen molar-refractivity contribution >= 4 is 29.3 Å². The maximum absolute atomic E-state index is 13.4. The number of piperidine rings is 1. The number of benzene rings is 1. The molecule has 1 aromatic heterocycles. The van der Waals surface area contributed by atoms with Crippen molar-refractivity contribution in [1.29, 1.82) is 0 Å². The average molecular weight is 399 g/mol. The first-order valence-electron chi connectivity index (χ1n) is 9.66. The van der Waals surface area contributed by atoms with Crippen molar-refractivity contribution < 1.29 is 14.0 Å². The molecule has 152 valence electrons. The monoisotopic (exact) mass is 399 g/mol. The van der Waals surface area contributed by atoms with E-state index in [1.807, 2.05) is 4.90 Å². The lowest BCUT2D eigenvalue weighted by molar-refractivity contribution is -0.123. The number of rotatable bonds is 3. The van der Waals surface area contributed by atoms with Crippen LogP contribution in [0, 0.1) is 11.7 Å². The molecule has 8 nitrogen and oxygen atoms in total. The van der Waals surface area contributed by atoms with Gasteiger partial charge >= 0.3 is 0 Å². The van der Waals surface area contributed by atoms with Crippen molar-refractivity contribution in [3.63, 3.8) is 0 Å². The van der Waals surface area contributed by atoms with Crippen molar-refractivity contribution in [1.82, 2.24) is 9.97 Å². The maximum Gasteiger partial charge on any atom is 0.258 e. The van der Waals surface area contributed by atoms with E-state index in [0.29, 0.717) is 11.9 Å². The lowest BCUT2D eigenvalue weighted by Crippen LogP contribution is -2.39. The van der Waals surface area contributed by atoms with Crippen LogP contribution in [0.1, 0.15) is 37.7 Å². The number of amides is 2. The number of nitrogens with zero attached hydrogens (tertiary/aromatic N) is 2. The largest absolute Gasteiger partial charge is 0.342 e. The van der Waals surface area contributed by atoms with Gasteiger partial charge in [0.1, 0.15) is 11.6 Å². The van der Waals surface area contributed by atoms with E-state index >= 15 is 0 Å². The highest BCUT2D eigenvalue weighted by Crippen LogP contribution is 2.31. The molecule has 9 heteroatoms. The fraction of sp³-hybridized carbons (Fsp3) is 0.400. The van der Waals surface area contributed by atoms with Crippen LogP contribution in [0.15, 0.2) is 29.1 Å². The summed E-state index contributed by atoms with van der Waals surface area (Å²) in [4.78, 5) is 46.9. The lowest BCUT2D eigenvalue weighted by Gasteiger charge is -2.31. The number of aromatic amines is 1. The second-order valence-electron chi connectivity index (χ2n) is 7.63. The Hall–Kier alpha value is -3.23. The van der Waals surface area contributed by atoms with Gasteiger partial charge in [0, 0.05) is 25.2 Å². The fourth-order valence-electron chi connectivity index (χ4n) is 3.75. The molecule has 0 saturated carbocycles. The number of aromatic nitrogens is 2. The molecule has 3 heterocycles. The summed E-state index contributed by atoms with van der Waals surface area (Å²) in [5.41, 5.74) is -0.0818. The van der Waals surface area contributed by atoms with Gasteiger partial charge in [-0.1, -0.05) is 13.0 Å². The Kier molecular flexibility index (Phi) is 5.04. The van der Waals surface area contributed by atoms with Crippen LogP contribution >= 0.6 is 0 Å². The summed E-state index contributed by atoms with van der Waals surface area (Å²) < 4.78 is 13.4. The summed E-state index contributed by atoms with van der Waals surface area (Å²) in [6.07, 6.45) is 1.80. The van der Waals surface area contributed by atoms with E-state index in [1.165, 1.54) is 24.3 Å². The second kappa shape index (κ2) is 7.65. The zero-order chi connectivity index (χ0) is 20.5. The van der Waals surface area contributed by atoms with Crippen molar-refractivity contribution in [3.8, 4) is 0 Å². The van der Waals surface area contributed by atoms with Crippen LogP contribution in [-0.4, -0.2) is 34.9 Å². The van der Waals surface area contributed by atoms with Crippen LogP contribution < -0.4 is 21.1 Å². The number of carbonyl (C=O) groups is 2. The number of nitrogens with one attached hydrogen (secondary N) is 3. The molecular weight excluding hydrogens is 377 g/mol. The van der Waals surface area contributed by atoms with Crippen LogP contribution in [0.2, 0.25) is 0 Å². The third-order valence-electron chi connectivity index (χ3n) is 5.43. The highest BCUT2D eigenvalue weighted by Gasteiger charge is 2.35. The molecule has 4 rings (SSSR count). The minimum atomic E-state index is -1.01. The number of H-pyrrole nitrogens is 1. The number of hydrogen-bond acceptors (Lipinski definition) is 5.